The lowest BCUT2D eigenvalue weighted by molar-refractivity contribution is -0.0172. The zero-order valence-electron chi connectivity index (χ0n) is 21.9. The molecule has 1 aliphatic heterocycles. The zero-order chi connectivity index (χ0) is 26.1. The smallest absolute Gasteiger partial charge is 0.330 e. The summed E-state index contributed by atoms with van der Waals surface area (Å²) in [5.74, 6) is 0. The number of hydrogen-bond acceptors (Lipinski definition) is 7. The molecule has 0 amide bonds. The van der Waals surface area contributed by atoms with Crippen molar-refractivity contribution in [3.05, 3.63) is 67.1 Å². The maximum Gasteiger partial charge on any atom is 0.330 e. The van der Waals surface area contributed by atoms with Crippen molar-refractivity contribution in [2.45, 2.75) is 77.1 Å². The Morgan fingerprint density at radius 2 is 2.00 bits per heavy atom. The van der Waals surface area contributed by atoms with Crippen molar-refractivity contribution in [2.75, 3.05) is 13.1 Å². The van der Waals surface area contributed by atoms with E-state index in [0.717, 1.165) is 13.0 Å². The van der Waals surface area contributed by atoms with Gasteiger partial charge in [0.25, 0.3) is 5.56 Å². The highest BCUT2D eigenvalue weighted by Gasteiger charge is 2.45. The summed E-state index contributed by atoms with van der Waals surface area (Å²) in [6, 6.07) is 8.64. The van der Waals surface area contributed by atoms with Crippen molar-refractivity contribution in [1.29, 1.82) is 0 Å². The van der Waals surface area contributed by atoms with Crippen LogP contribution in [0.3, 0.4) is 0 Å². The molecule has 4 rings (SSSR count). The van der Waals surface area contributed by atoms with Crippen LogP contribution in [0.2, 0.25) is 18.1 Å². The fourth-order valence-corrected chi connectivity index (χ4v) is 7.25. The molecule has 0 aliphatic carbocycles. The number of aromatic amines is 1. The molecule has 2 N–H and O–H groups in total. The molecule has 0 saturated carbocycles. The first kappa shape index (κ1) is 27.2. The molecule has 0 radical (unpaired) electrons. The van der Waals surface area contributed by atoms with Crippen molar-refractivity contribution >= 4 is 31.0 Å². The SMILES string of the molecule is Cc1cn([C@H]2C[C@H](O[Si](C)(C)C(C)(C)C)[C@@H](CNCCc3ccc(-c4cccs4)s3)O2)c(=O)[nH]c1=O. The molecule has 0 unspecified atom stereocenters. The minimum absolute atomic E-state index is 0.0634. The highest BCUT2D eigenvalue weighted by Crippen LogP contribution is 2.41. The number of aromatic nitrogens is 2. The van der Waals surface area contributed by atoms with E-state index in [9.17, 15) is 9.59 Å². The van der Waals surface area contributed by atoms with Gasteiger partial charge in [-0.25, -0.2) is 4.79 Å². The number of nitrogens with zero attached hydrogens (tertiary/aromatic N) is 1. The van der Waals surface area contributed by atoms with E-state index < -0.39 is 20.2 Å². The lowest BCUT2D eigenvalue weighted by Gasteiger charge is -2.39. The second-order valence-corrected chi connectivity index (χ2v) is 17.8. The lowest BCUT2D eigenvalue weighted by Crippen LogP contribution is -2.47. The number of thiophene rings is 2. The minimum Gasteiger partial charge on any atom is -0.411 e. The van der Waals surface area contributed by atoms with Crippen molar-refractivity contribution in [1.82, 2.24) is 14.9 Å². The Morgan fingerprint density at radius 3 is 2.69 bits per heavy atom. The first-order valence-electron chi connectivity index (χ1n) is 12.4. The first-order chi connectivity index (χ1) is 16.9. The van der Waals surface area contributed by atoms with Gasteiger partial charge in [-0.2, -0.15) is 0 Å². The molecule has 36 heavy (non-hydrogen) atoms. The Bertz CT molecular complexity index is 1270. The maximum absolute atomic E-state index is 12.5. The van der Waals surface area contributed by atoms with Gasteiger partial charge in [-0.15, -0.1) is 22.7 Å². The highest BCUT2D eigenvalue weighted by atomic mass is 32.1. The molecule has 0 bridgehead atoms. The summed E-state index contributed by atoms with van der Waals surface area (Å²) in [5.41, 5.74) is -0.327. The maximum atomic E-state index is 12.5. The predicted molar refractivity (Wildman–Crippen MR) is 151 cm³/mol. The summed E-state index contributed by atoms with van der Waals surface area (Å²) in [4.78, 5) is 30.7. The van der Waals surface area contributed by atoms with Crippen LogP contribution in [0.1, 0.15) is 43.9 Å². The Labute approximate surface area is 221 Å². The summed E-state index contributed by atoms with van der Waals surface area (Å²) in [6.07, 6.45) is 2.31. The van der Waals surface area contributed by atoms with Gasteiger partial charge in [-0.05, 0) is 55.1 Å². The zero-order valence-corrected chi connectivity index (χ0v) is 24.6. The van der Waals surface area contributed by atoms with Gasteiger partial charge in [-0.3, -0.25) is 14.3 Å². The second kappa shape index (κ2) is 10.9. The molecule has 3 atom stereocenters. The molecule has 3 aromatic heterocycles. The molecule has 10 heteroatoms. The van der Waals surface area contributed by atoms with Crippen molar-refractivity contribution < 1.29 is 9.16 Å². The van der Waals surface area contributed by atoms with E-state index in [1.807, 2.05) is 11.3 Å². The first-order valence-corrected chi connectivity index (χ1v) is 17.0. The van der Waals surface area contributed by atoms with Crippen LogP contribution >= 0.6 is 22.7 Å². The van der Waals surface area contributed by atoms with Gasteiger partial charge in [0.05, 0.1) is 12.2 Å². The molecule has 7 nitrogen and oxygen atoms in total. The average molecular weight is 548 g/mol. The van der Waals surface area contributed by atoms with Crippen molar-refractivity contribution in [2.24, 2.45) is 0 Å². The van der Waals surface area contributed by atoms with Gasteiger partial charge < -0.3 is 14.5 Å². The van der Waals surface area contributed by atoms with E-state index in [-0.39, 0.29) is 22.8 Å². The van der Waals surface area contributed by atoms with Gasteiger partial charge in [0.1, 0.15) is 6.23 Å². The van der Waals surface area contributed by atoms with Crippen molar-refractivity contribution in [3.63, 3.8) is 0 Å². The molecule has 1 aliphatic rings. The van der Waals surface area contributed by atoms with E-state index >= 15 is 0 Å². The molecular formula is C26H37N3O4S2Si. The van der Waals surface area contributed by atoms with Crippen LogP contribution in [-0.2, 0) is 15.6 Å². The Kier molecular flexibility index (Phi) is 8.23. The van der Waals surface area contributed by atoms with Crippen LogP contribution in [0.15, 0.2) is 45.4 Å². The van der Waals surface area contributed by atoms with E-state index in [1.54, 1.807) is 24.5 Å². The van der Waals surface area contributed by atoms with Crippen LogP contribution < -0.4 is 16.6 Å². The van der Waals surface area contributed by atoms with Gasteiger partial charge in [0.15, 0.2) is 8.32 Å². The van der Waals surface area contributed by atoms with Crippen LogP contribution in [0.25, 0.3) is 9.75 Å². The standard InChI is InChI=1S/C26H37N3O4S2Si/c1-17-16-29(25(31)28-24(17)30)23-14-19(33-36(5,6)26(2,3)4)20(32-23)15-27-12-11-18-9-10-22(35-18)21-8-7-13-34-21/h7-10,13,16,19-20,23,27H,11-12,14-15H2,1-6H3,(H,28,30,31)/t19-,20+,23+/m0/s1. The number of H-pyrrole nitrogens is 1. The van der Waals surface area contributed by atoms with Crippen LogP contribution in [0.4, 0.5) is 0 Å². The summed E-state index contributed by atoms with van der Waals surface area (Å²) in [7, 11) is -2.05. The summed E-state index contributed by atoms with van der Waals surface area (Å²) in [6.45, 7) is 14.3. The second-order valence-electron chi connectivity index (χ2n) is 11.0. The van der Waals surface area contributed by atoms with Gasteiger partial charge in [0.2, 0.25) is 0 Å². The Balaban J connectivity index is 1.42. The number of rotatable bonds is 9. The van der Waals surface area contributed by atoms with E-state index in [0.29, 0.717) is 18.5 Å². The summed E-state index contributed by atoms with van der Waals surface area (Å²) in [5, 5.41) is 5.73. The topological polar surface area (TPSA) is 85.3 Å². The molecule has 1 fully saturated rings. The molecule has 4 heterocycles. The third-order valence-electron chi connectivity index (χ3n) is 7.21. The third kappa shape index (κ3) is 6.17. The minimum atomic E-state index is -2.05. The molecule has 0 aromatic carbocycles. The molecule has 1 saturated heterocycles. The van der Waals surface area contributed by atoms with E-state index in [2.05, 4.69) is 73.8 Å². The molecular weight excluding hydrogens is 511 g/mol. The van der Waals surface area contributed by atoms with Crippen molar-refractivity contribution in [3.8, 4) is 9.75 Å². The van der Waals surface area contributed by atoms with Gasteiger partial charge in [-0.1, -0.05) is 26.8 Å². The third-order valence-corrected chi connectivity index (χ3v) is 13.9. The fourth-order valence-electron chi connectivity index (χ4n) is 4.05. The van der Waals surface area contributed by atoms with Crippen LogP contribution in [0, 0.1) is 6.92 Å². The number of ether oxygens (including phenoxy) is 1. The number of aryl methyl sites for hydroxylation is 1. The van der Waals surface area contributed by atoms with Crippen LogP contribution in [-0.4, -0.2) is 43.2 Å². The van der Waals surface area contributed by atoms with Gasteiger partial charge in [0, 0.05) is 45.9 Å². The van der Waals surface area contributed by atoms with E-state index in [4.69, 9.17) is 9.16 Å². The fraction of sp³-hybridized carbons (Fsp3) is 0.538. The molecule has 196 valence electrons. The summed E-state index contributed by atoms with van der Waals surface area (Å²) < 4.78 is 14.6. The van der Waals surface area contributed by atoms with Gasteiger partial charge >= 0.3 is 5.69 Å². The largest absolute Gasteiger partial charge is 0.411 e. The quantitative estimate of drug-likeness (QED) is 0.286. The number of nitrogens with one attached hydrogen (secondary N) is 2. The number of hydrogen-bond donors (Lipinski definition) is 2. The molecule has 3 aromatic rings. The predicted octanol–water partition coefficient (Wildman–Crippen LogP) is 5.15. The summed E-state index contributed by atoms with van der Waals surface area (Å²) >= 11 is 3.60. The lowest BCUT2D eigenvalue weighted by atomic mass is 10.1. The average Bonchev–Trinajstić information content (AvgIpc) is 3.54. The van der Waals surface area contributed by atoms with Crippen LogP contribution in [0.5, 0.6) is 0 Å². The Hall–Kier alpha value is -1.82. The molecule has 0 spiro atoms. The normalized spacial score (nSPS) is 20.8. The monoisotopic (exact) mass is 547 g/mol. The Morgan fingerprint density at radius 1 is 1.22 bits per heavy atom. The van der Waals surface area contributed by atoms with E-state index in [1.165, 1.54) is 19.2 Å². The highest BCUT2D eigenvalue weighted by molar-refractivity contribution is 7.21.